The van der Waals surface area contributed by atoms with Crippen LogP contribution in [0.1, 0.15) is 30.5 Å². The number of aryl methyl sites for hydroxylation is 1. The van der Waals surface area contributed by atoms with E-state index in [-0.39, 0.29) is 24.8 Å². The van der Waals surface area contributed by atoms with Gasteiger partial charge in [-0.15, -0.1) is 12.4 Å². The van der Waals surface area contributed by atoms with Gasteiger partial charge in [0.25, 0.3) is 5.89 Å². The molecule has 0 unspecified atom stereocenters. The van der Waals surface area contributed by atoms with Gasteiger partial charge in [-0.1, -0.05) is 47.6 Å². The lowest BCUT2D eigenvalue weighted by molar-refractivity contribution is -0.148. The van der Waals surface area contributed by atoms with Crippen LogP contribution in [0, 0.1) is 12.7 Å². The van der Waals surface area contributed by atoms with Crippen molar-refractivity contribution in [2.45, 2.75) is 39.5 Å². The van der Waals surface area contributed by atoms with E-state index in [1.54, 1.807) is 45.0 Å². The Hall–Kier alpha value is -3.59. The Morgan fingerprint density at radius 1 is 1.05 bits per heavy atom. The van der Waals surface area contributed by atoms with Crippen LogP contribution in [0.3, 0.4) is 0 Å². The van der Waals surface area contributed by atoms with Crippen molar-refractivity contribution in [1.82, 2.24) is 15.0 Å². The molecule has 0 amide bonds. The maximum absolute atomic E-state index is 14.9. The van der Waals surface area contributed by atoms with Crippen LogP contribution >= 0.6 is 12.4 Å². The van der Waals surface area contributed by atoms with Crippen LogP contribution in [-0.2, 0) is 22.7 Å². The largest absolute Gasteiger partial charge is 0.480 e. The molecular formula is C29H31ClFN3O4. The zero-order valence-corrected chi connectivity index (χ0v) is 22.8. The highest BCUT2D eigenvalue weighted by Gasteiger charge is 2.32. The van der Waals surface area contributed by atoms with Crippen molar-refractivity contribution in [3.8, 4) is 34.0 Å². The Labute approximate surface area is 227 Å². The van der Waals surface area contributed by atoms with Gasteiger partial charge in [0.05, 0.1) is 6.61 Å². The average Bonchev–Trinajstić information content (AvgIpc) is 3.36. The number of nitrogens with zero attached hydrogens (tertiary/aromatic N) is 3. The highest BCUT2D eigenvalue weighted by molar-refractivity contribution is 5.85. The molecule has 0 saturated heterocycles. The number of ether oxygens (including phenoxy) is 1. The van der Waals surface area contributed by atoms with Gasteiger partial charge in [0, 0.05) is 30.3 Å². The second-order valence-corrected chi connectivity index (χ2v) is 9.57. The van der Waals surface area contributed by atoms with E-state index >= 15 is 0 Å². The van der Waals surface area contributed by atoms with Gasteiger partial charge in [0.2, 0.25) is 5.82 Å². The summed E-state index contributed by atoms with van der Waals surface area (Å²) in [6, 6.07) is 18.7. The van der Waals surface area contributed by atoms with E-state index in [9.17, 15) is 14.3 Å². The topological polar surface area (TPSA) is 88.7 Å². The van der Waals surface area contributed by atoms with Crippen molar-refractivity contribution < 1.29 is 23.6 Å². The molecule has 0 atom stereocenters. The maximum atomic E-state index is 14.9. The first-order valence-corrected chi connectivity index (χ1v) is 11.9. The summed E-state index contributed by atoms with van der Waals surface area (Å²) in [7, 11) is 3.30. The molecule has 4 rings (SSSR count). The van der Waals surface area contributed by atoms with Gasteiger partial charge >= 0.3 is 5.97 Å². The van der Waals surface area contributed by atoms with E-state index in [1.807, 2.05) is 30.3 Å². The molecule has 1 heterocycles. The zero-order chi connectivity index (χ0) is 26.7. The number of carbonyl (C=O) groups is 1. The van der Waals surface area contributed by atoms with Gasteiger partial charge in [-0.2, -0.15) is 4.98 Å². The van der Waals surface area contributed by atoms with Crippen molar-refractivity contribution in [2.24, 2.45) is 0 Å². The summed E-state index contributed by atoms with van der Waals surface area (Å²) in [4.78, 5) is 17.6. The fraction of sp³-hybridized carbons (Fsp3) is 0.276. The lowest BCUT2D eigenvalue weighted by Gasteiger charge is -2.31. The number of rotatable bonds is 9. The minimum absolute atomic E-state index is 0. The van der Waals surface area contributed by atoms with Crippen molar-refractivity contribution in [3.63, 3.8) is 0 Å². The molecule has 0 aliphatic heterocycles. The van der Waals surface area contributed by atoms with E-state index < -0.39 is 17.3 Å². The fourth-order valence-corrected chi connectivity index (χ4v) is 4.03. The highest BCUT2D eigenvalue weighted by atomic mass is 35.5. The number of aliphatic carboxylic acids is 1. The summed E-state index contributed by atoms with van der Waals surface area (Å²) < 4.78 is 25.9. The van der Waals surface area contributed by atoms with Crippen LogP contribution in [0.5, 0.6) is 0 Å². The zero-order valence-electron chi connectivity index (χ0n) is 22.0. The van der Waals surface area contributed by atoms with Gasteiger partial charge < -0.3 is 14.4 Å². The molecule has 0 saturated carbocycles. The normalized spacial score (nSPS) is 11.4. The number of hydrogen-bond donors (Lipinski definition) is 1. The molecule has 0 fully saturated rings. The summed E-state index contributed by atoms with van der Waals surface area (Å²) in [5, 5.41) is 13.5. The standard InChI is InChI=1S/C29H30FN3O4.ClH/c1-18-8-6-7-9-23(18)24-13-12-20(14-22(24)17-36-5)27-31-26(32-37-27)19-10-11-21(25(30)15-19)16-33(4)29(2,3)28(34)35;/h6-15H,16-17H2,1-5H3,(H,34,35);1H. The molecule has 200 valence electrons. The molecule has 9 heteroatoms. The molecule has 7 nitrogen and oxygen atoms in total. The van der Waals surface area contributed by atoms with Crippen molar-refractivity contribution in [3.05, 3.63) is 83.2 Å². The number of likely N-dealkylation sites (N-methyl/N-ethyl adjacent to an activating group) is 1. The SMILES string of the molecule is COCc1cc(-c2nc(-c3ccc(CN(C)C(C)(C)C(=O)O)c(F)c3)no2)ccc1-c1ccccc1C.Cl. The molecule has 1 N–H and O–H groups in total. The number of carboxylic acids is 1. The first-order valence-electron chi connectivity index (χ1n) is 11.9. The number of aromatic nitrogens is 2. The summed E-state index contributed by atoms with van der Waals surface area (Å²) >= 11 is 0. The first-order chi connectivity index (χ1) is 17.6. The predicted molar refractivity (Wildman–Crippen MR) is 146 cm³/mol. The number of carboxylic acid groups (broad SMARTS) is 1. The number of hydrogen-bond acceptors (Lipinski definition) is 6. The molecule has 0 bridgehead atoms. The van der Waals surface area contributed by atoms with E-state index in [2.05, 4.69) is 29.2 Å². The lowest BCUT2D eigenvalue weighted by atomic mass is 9.94. The summed E-state index contributed by atoms with van der Waals surface area (Å²) in [6.07, 6.45) is 0. The van der Waals surface area contributed by atoms with Crippen LogP contribution in [0.15, 0.2) is 65.2 Å². The molecule has 0 aliphatic rings. The predicted octanol–water partition coefficient (Wildman–Crippen LogP) is 6.38. The third kappa shape index (κ3) is 5.93. The van der Waals surface area contributed by atoms with Crippen molar-refractivity contribution in [2.75, 3.05) is 14.2 Å². The molecule has 3 aromatic carbocycles. The Morgan fingerprint density at radius 3 is 2.42 bits per heavy atom. The monoisotopic (exact) mass is 539 g/mol. The fourth-order valence-electron chi connectivity index (χ4n) is 4.03. The van der Waals surface area contributed by atoms with Gasteiger partial charge in [-0.3, -0.25) is 9.69 Å². The smallest absolute Gasteiger partial charge is 0.323 e. The Balaban J connectivity index is 0.00000400. The second kappa shape index (κ2) is 11.9. The maximum Gasteiger partial charge on any atom is 0.323 e. The van der Waals surface area contributed by atoms with Crippen LogP contribution in [0.25, 0.3) is 34.0 Å². The molecule has 38 heavy (non-hydrogen) atoms. The Morgan fingerprint density at radius 2 is 1.76 bits per heavy atom. The van der Waals surface area contributed by atoms with Crippen LogP contribution < -0.4 is 0 Å². The minimum atomic E-state index is -1.13. The number of benzene rings is 3. The van der Waals surface area contributed by atoms with Crippen LogP contribution in [-0.4, -0.2) is 45.8 Å². The summed E-state index contributed by atoms with van der Waals surface area (Å²) in [5.74, 6) is -0.874. The van der Waals surface area contributed by atoms with Crippen LogP contribution in [0.2, 0.25) is 0 Å². The third-order valence-electron chi connectivity index (χ3n) is 6.71. The summed E-state index contributed by atoms with van der Waals surface area (Å²) in [5.41, 5.74) is 4.78. The Bertz CT molecular complexity index is 1440. The van der Waals surface area contributed by atoms with Gasteiger partial charge in [-0.05, 0) is 68.3 Å². The molecule has 0 radical (unpaired) electrons. The Kier molecular flexibility index (Phi) is 9.04. The average molecular weight is 540 g/mol. The quantitative estimate of drug-likeness (QED) is 0.264. The molecular weight excluding hydrogens is 509 g/mol. The van der Waals surface area contributed by atoms with Crippen LogP contribution in [0.4, 0.5) is 4.39 Å². The van der Waals surface area contributed by atoms with E-state index in [4.69, 9.17) is 9.26 Å². The van der Waals surface area contributed by atoms with Gasteiger partial charge in [0.15, 0.2) is 0 Å². The molecule has 4 aromatic rings. The lowest BCUT2D eigenvalue weighted by Crippen LogP contribution is -2.47. The van der Waals surface area contributed by atoms with Gasteiger partial charge in [0.1, 0.15) is 11.4 Å². The van der Waals surface area contributed by atoms with E-state index in [0.717, 1.165) is 27.8 Å². The molecule has 0 aliphatic carbocycles. The molecule has 0 spiro atoms. The minimum Gasteiger partial charge on any atom is -0.480 e. The molecule has 1 aromatic heterocycles. The van der Waals surface area contributed by atoms with Crippen molar-refractivity contribution in [1.29, 1.82) is 0 Å². The second-order valence-electron chi connectivity index (χ2n) is 9.57. The summed E-state index contributed by atoms with van der Waals surface area (Å²) in [6.45, 7) is 5.78. The number of methoxy groups -OCH3 is 1. The van der Waals surface area contributed by atoms with E-state index in [0.29, 0.717) is 23.6 Å². The number of halogens is 2. The third-order valence-corrected chi connectivity index (χ3v) is 6.71. The van der Waals surface area contributed by atoms with Gasteiger partial charge in [-0.25, -0.2) is 4.39 Å². The van der Waals surface area contributed by atoms with Crippen molar-refractivity contribution >= 4 is 18.4 Å². The first kappa shape index (κ1) is 29.0. The highest BCUT2D eigenvalue weighted by Crippen LogP contribution is 2.32. The van der Waals surface area contributed by atoms with E-state index in [1.165, 1.54) is 6.07 Å².